The lowest BCUT2D eigenvalue weighted by Crippen LogP contribution is -2.33. The van der Waals surface area contributed by atoms with Gasteiger partial charge in [-0.05, 0) is 65.2 Å². The minimum Gasteiger partial charge on any atom is -0.463 e. The van der Waals surface area contributed by atoms with E-state index in [9.17, 15) is 23.6 Å². The van der Waals surface area contributed by atoms with Gasteiger partial charge in [0.2, 0.25) is 0 Å². The van der Waals surface area contributed by atoms with Gasteiger partial charge in [0, 0.05) is 13.7 Å². The van der Waals surface area contributed by atoms with Crippen LogP contribution in [0.4, 0.5) is 15.0 Å². The normalized spacial score (nSPS) is 19.9. The van der Waals surface area contributed by atoms with Gasteiger partial charge in [0.05, 0.1) is 24.3 Å². The van der Waals surface area contributed by atoms with Crippen molar-refractivity contribution < 1.29 is 46.6 Å². The Balaban J connectivity index is 1.14. The van der Waals surface area contributed by atoms with Gasteiger partial charge in [-0.3, -0.25) is 14.9 Å². The maximum Gasteiger partial charge on any atom is 0.519 e. The molecule has 1 atom stereocenters. The lowest BCUT2D eigenvalue weighted by atomic mass is 9.84. The molecule has 2 fully saturated rings. The fourth-order valence-electron chi connectivity index (χ4n) is 5.98. The monoisotopic (exact) mass is 633 g/mol. The van der Waals surface area contributed by atoms with Crippen molar-refractivity contribution in [3.8, 4) is 0 Å². The molecule has 15 nitrogen and oxygen atoms in total. The highest BCUT2D eigenvalue weighted by molar-refractivity contribution is 5.93. The van der Waals surface area contributed by atoms with Gasteiger partial charge in [0.15, 0.2) is 35.1 Å². The van der Waals surface area contributed by atoms with Gasteiger partial charge in [-0.15, -0.1) is 0 Å². The number of imidazole rings is 1. The summed E-state index contributed by atoms with van der Waals surface area (Å²) in [5, 5.41) is 2.36. The fraction of sp³-hybridized carbons (Fsp3) is 0.621. The number of rotatable bonds is 13. The fourth-order valence-corrected chi connectivity index (χ4v) is 5.98. The highest BCUT2D eigenvalue weighted by Crippen LogP contribution is 2.54. The van der Waals surface area contributed by atoms with Crippen LogP contribution in [0.5, 0.6) is 0 Å². The molecule has 3 aromatic heterocycles. The zero-order chi connectivity index (χ0) is 32.4. The SMILES string of the molecule is COC(CCn1cnc2c(NC(=O)OC(C)(C)CC(=O)OCc3oc(=O)oc3C)nc(F)nc21)COC(=O)C12CCC(CC1)C2. The average molecular weight is 634 g/mol. The standard InChI is InChI=1S/C29H36FN5O10/c1-16-19(44-27(39)43-16)14-41-20(36)12-28(2,3)45-26(38)33-22-21-23(34-25(30)32-22)35(15-31-21)10-7-18(40-4)13-42-24(37)29-8-5-17(11-29)6-9-29/h15,17-18H,5-14H2,1-4H3,(H,32,33,34,38). The summed E-state index contributed by atoms with van der Waals surface area (Å²) in [5.41, 5.74) is -1.46. The Hall–Kier alpha value is -4.34. The first-order valence-electron chi connectivity index (χ1n) is 14.7. The molecule has 0 spiro atoms. The van der Waals surface area contributed by atoms with E-state index < -0.39 is 35.7 Å². The number of hydrogen-bond acceptors (Lipinski definition) is 13. The molecule has 2 saturated carbocycles. The van der Waals surface area contributed by atoms with Crippen molar-refractivity contribution in [1.82, 2.24) is 19.5 Å². The summed E-state index contributed by atoms with van der Waals surface area (Å²) in [6.07, 6.45) is 3.77. The second-order valence-electron chi connectivity index (χ2n) is 12.2. The highest BCUT2D eigenvalue weighted by atomic mass is 19.1. The maximum atomic E-state index is 14.4. The maximum absolute atomic E-state index is 14.4. The lowest BCUT2D eigenvalue weighted by Gasteiger charge is -2.25. The Bertz CT molecular complexity index is 1620. The van der Waals surface area contributed by atoms with E-state index in [1.54, 1.807) is 4.57 Å². The third-order valence-corrected chi connectivity index (χ3v) is 8.40. The summed E-state index contributed by atoms with van der Waals surface area (Å²) in [6.45, 7) is 4.50. The summed E-state index contributed by atoms with van der Waals surface area (Å²) in [4.78, 5) is 60.7. The van der Waals surface area contributed by atoms with E-state index in [2.05, 4.69) is 20.3 Å². The molecular formula is C29H36FN5O10. The van der Waals surface area contributed by atoms with Crippen molar-refractivity contribution in [1.29, 1.82) is 0 Å². The van der Waals surface area contributed by atoms with Crippen molar-refractivity contribution in [2.75, 3.05) is 19.0 Å². The van der Waals surface area contributed by atoms with Crippen LogP contribution in [0.1, 0.15) is 70.3 Å². The Morgan fingerprint density at radius 3 is 2.60 bits per heavy atom. The zero-order valence-corrected chi connectivity index (χ0v) is 25.6. The number of methoxy groups -OCH3 is 1. The van der Waals surface area contributed by atoms with Crippen LogP contribution in [0.25, 0.3) is 11.2 Å². The number of aromatic nitrogens is 4. The number of anilines is 1. The lowest BCUT2D eigenvalue weighted by molar-refractivity contribution is -0.159. The van der Waals surface area contributed by atoms with Crippen LogP contribution >= 0.6 is 0 Å². The molecule has 1 unspecified atom stereocenters. The quantitative estimate of drug-likeness (QED) is 0.163. The molecule has 0 saturated heterocycles. The molecule has 244 valence electrons. The van der Waals surface area contributed by atoms with E-state index in [1.807, 2.05) is 0 Å². The van der Waals surface area contributed by atoms with Gasteiger partial charge in [-0.25, -0.2) is 14.6 Å². The molecule has 0 aromatic carbocycles. The molecule has 2 aliphatic rings. The van der Waals surface area contributed by atoms with E-state index >= 15 is 0 Å². The van der Waals surface area contributed by atoms with E-state index in [-0.39, 0.29) is 59.5 Å². The Kier molecular flexibility index (Phi) is 9.23. The third kappa shape index (κ3) is 7.49. The van der Waals surface area contributed by atoms with Crippen LogP contribution in [-0.4, -0.2) is 63.0 Å². The number of fused-ring (bicyclic) bond motifs is 3. The predicted octanol–water partition coefficient (Wildman–Crippen LogP) is 3.81. The summed E-state index contributed by atoms with van der Waals surface area (Å²) < 4.78 is 47.1. The number of carbonyl (C=O) groups excluding carboxylic acids is 3. The van der Waals surface area contributed by atoms with Crippen LogP contribution in [0.15, 0.2) is 20.0 Å². The van der Waals surface area contributed by atoms with Gasteiger partial charge < -0.3 is 32.3 Å². The number of hydrogen-bond donors (Lipinski definition) is 1. The van der Waals surface area contributed by atoms with Crippen LogP contribution < -0.4 is 11.1 Å². The minimum absolute atomic E-state index is 0.0610. The van der Waals surface area contributed by atoms with E-state index in [0.29, 0.717) is 18.9 Å². The van der Waals surface area contributed by atoms with Gasteiger partial charge >= 0.3 is 29.9 Å². The molecule has 16 heteroatoms. The highest BCUT2D eigenvalue weighted by Gasteiger charge is 2.51. The van der Waals surface area contributed by atoms with Crippen LogP contribution in [-0.2, 0) is 41.7 Å². The Morgan fingerprint density at radius 2 is 1.96 bits per heavy atom. The second-order valence-corrected chi connectivity index (χ2v) is 12.2. The Morgan fingerprint density at radius 1 is 1.20 bits per heavy atom. The molecule has 45 heavy (non-hydrogen) atoms. The largest absolute Gasteiger partial charge is 0.519 e. The average Bonchev–Trinajstić information content (AvgIpc) is 3.75. The molecule has 2 bridgehead atoms. The molecule has 0 aliphatic heterocycles. The summed E-state index contributed by atoms with van der Waals surface area (Å²) in [6, 6.07) is 0. The van der Waals surface area contributed by atoms with E-state index in [0.717, 1.165) is 32.1 Å². The molecule has 5 rings (SSSR count). The number of aryl methyl sites for hydroxylation is 2. The Labute approximate surface area is 256 Å². The number of esters is 2. The van der Waals surface area contributed by atoms with Crippen molar-refractivity contribution in [2.45, 2.75) is 90.6 Å². The van der Waals surface area contributed by atoms with Gasteiger partial charge in [-0.2, -0.15) is 14.4 Å². The molecule has 3 aromatic rings. The molecule has 0 radical (unpaired) electrons. The predicted molar refractivity (Wildman–Crippen MR) is 151 cm³/mol. The minimum atomic E-state index is -1.34. The number of carbonyl (C=O) groups is 3. The molecule has 3 heterocycles. The molecule has 1 N–H and O–H groups in total. The number of halogens is 1. The zero-order valence-electron chi connectivity index (χ0n) is 25.6. The first kappa shape index (κ1) is 32.1. The molecule has 1 amide bonds. The van der Waals surface area contributed by atoms with Gasteiger partial charge in [0.1, 0.15) is 12.2 Å². The van der Waals surface area contributed by atoms with Crippen molar-refractivity contribution >= 4 is 35.0 Å². The van der Waals surface area contributed by atoms with Crippen molar-refractivity contribution in [2.24, 2.45) is 11.3 Å². The van der Waals surface area contributed by atoms with Crippen molar-refractivity contribution in [3.63, 3.8) is 0 Å². The number of amides is 1. The molecule has 2 aliphatic carbocycles. The number of ether oxygens (including phenoxy) is 4. The van der Waals surface area contributed by atoms with Gasteiger partial charge in [-0.1, -0.05) is 0 Å². The number of nitrogens with zero attached hydrogens (tertiary/aromatic N) is 4. The van der Waals surface area contributed by atoms with Gasteiger partial charge in [0.25, 0.3) is 0 Å². The van der Waals surface area contributed by atoms with Crippen LogP contribution in [0.3, 0.4) is 0 Å². The van der Waals surface area contributed by atoms with Crippen LogP contribution in [0, 0.1) is 24.3 Å². The summed E-state index contributed by atoms with van der Waals surface area (Å²) >= 11 is 0. The first-order chi connectivity index (χ1) is 21.4. The van der Waals surface area contributed by atoms with Crippen molar-refractivity contribution in [3.05, 3.63) is 34.5 Å². The summed E-state index contributed by atoms with van der Waals surface area (Å²) in [7, 11) is 1.53. The van der Waals surface area contributed by atoms with E-state index in [1.165, 1.54) is 34.2 Å². The second kappa shape index (κ2) is 12.9. The smallest absolute Gasteiger partial charge is 0.463 e. The first-order valence-corrected chi connectivity index (χ1v) is 14.7. The van der Waals surface area contributed by atoms with E-state index in [4.69, 9.17) is 27.8 Å². The topological polar surface area (TPSA) is 187 Å². The number of nitrogens with one attached hydrogen (secondary N) is 1. The summed E-state index contributed by atoms with van der Waals surface area (Å²) in [5.74, 6) is -1.17. The molecular weight excluding hydrogens is 597 g/mol. The third-order valence-electron chi connectivity index (χ3n) is 8.40. The van der Waals surface area contributed by atoms with Crippen LogP contribution in [0.2, 0.25) is 0 Å².